The quantitative estimate of drug-likeness (QED) is 0.620. The van der Waals surface area contributed by atoms with Crippen LogP contribution in [0.4, 0.5) is 0 Å². The Balaban J connectivity index is 1.49. The molecule has 1 atom stereocenters. The van der Waals surface area contributed by atoms with Gasteiger partial charge in [-0.2, -0.15) is 0 Å². The number of Topliss-reactive ketones (excluding diaryl/α,β-unsaturated/α-hetero) is 1. The number of amides is 1. The molecule has 1 heterocycles. The summed E-state index contributed by atoms with van der Waals surface area (Å²) in [4.78, 5) is 26.7. The summed E-state index contributed by atoms with van der Waals surface area (Å²) in [5.74, 6) is 0.390. The van der Waals surface area contributed by atoms with E-state index in [0.29, 0.717) is 29.6 Å². The molecule has 1 saturated heterocycles. The molecule has 1 aliphatic heterocycles. The van der Waals surface area contributed by atoms with Crippen LogP contribution in [0.5, 0.6) is 0 Å². The number of hydrogen-bond donors (Lipinski definition) is 0. The highest BCUT2D eigenvalue weighted by Gasteiger charge is 2.29. The van der Waals surface area contributed by atoms with Crippen LogP contribution in [0.3, 0.4) is 0 Å². The van der Waals surface area contributed by atoms with Gasteiger partial charge in [-0.15, -0.1) is 0 Å². The van der Waals surface area contributed by atoms with Gasteiger partial charge in [0.1, 0.15) is 0 Å². The molecule has 2 aromatic rings. The first-order valence-electron chi connectivity index (χ1n) is 9.72. The number of carbonyl (C=O) groups excluding carboxylic acids is 2. The minimum atomic E-state index is -0.0470. The number of carbonyl (C=O) groups is 2. The Morgan fingerprint density at radius 2 is 1.79 bits per heavy atom. The van der Waals surface area contributed by atoms with E-state index in [0.717, 1.165) is 12.8 Å². The molecule has 0 aliphatic carbocycles. The zero-order chi connectivity index (χ0) is 19.9. The summed E-state index contributed by atoms with van der Waals surface area (Å²) in [6, 6.07) is 17.1. The van der Waals surface area contributed by atoms with Crippen molar-refractivity contribution in [3.63, 3.8) is 0 Å². The molecule has 0 N–H and O–H groups in total. The van der Waals surface area contributed by atoms with E-state index in [1.54, 1.807) is 31.4 Å². The van der Waals surface area contributed by atoms with Crippen LogP contribution in [0.1, 0.15) is 47.7 Å². The number of methoxy groups -OCH3 is 1. The molecule has 1 unspecified atom stereocenters. The van der Waals surface area contributed by atoms with Crippen molar-refractivity contribution < 1.29 is 14.3 Å². The number of ketones is 1. The van der Waals surface area contributed by atoms with Crippen molar-refractivity contribution >= 4 is 23.3 Å². The first-order valence-corrected chi connectivity index (χ1v) is 10.1. The highest BCUT2D eigenvalue weighted by Crippen LogP contribution is 2.33. The smallest absolute Gasteiger partial charge is 0.223 e. The van der Waals surface area contributed by atoms with Crippen LogP contribution in [0.25, 0.3) is 0 Å². The molecular formula is C23H26ClNO3. The molecule has 5 heteroatoms. The molecule has 0 spiro atoms. The lowest BCUT2D eigenvalue weighted by Crippen LogP contribution is -2.40. The first-order chi connectivity index (χ1) is 13.6. The van der Waals surface area contributed by atoms with Gasteiger partial charge < -0.3 is 9.64 Å². The SMILES string of the molecule is COC(c1ccccc1)C1CCN(C(=O)CCC(=O)c2cccc(Cl)c2)CC1. The zero-order valence-corrected chi connectivity index (χ0v) is 16.9. The lowest BCUT2D eigenvalue weighted by atomic mass is 9.87. The molecule has 2 aromatic carbocycles. The van der Waals surface area contributed by atoms with Gasteiger partial charge in [0.2, 0.25) is 5.91 Å². The van der Waals surface area contributed by atoms with Crippen molar-refractivity contribution in [3.8, 4) is 0 Å². The molecule has 1 amide bonds. The Morgan fingerprint density at radius 1 is 1.07 bits per heavy atom. The fourth-order valence-electron chi connectivity index (χ4n) is 3.88. The average molecular weight is 400 g/mol. The van der Waals surface area contributed by atoms with Crippen molar-refractivity contribution in [1.29, 1.82) is 0 Å². The van der Waals surface area contributed by atoms with Crippen molar-refractivity contribution in [1.82, 2.24) is 4.90 Å². The molecule has 1 aliphatic rings. The topological polar surface area (TPSA) is 46.6 Å². The number of ether oxygens (including phenoxy) is 1. The molecule has 0 bridgehead atoms. The Kier molecular flexibility index (Phi) is 7.24. The normalized spacial score (nSPS) is 16.0. The Bertz CT molecular complexity index is 801. The summed E-state index contributed by atoms with van der Waals surface area (Å²) < 4.78 is 5.75. The Labute approximate surface area is 171 Å². The van der Waals surface area contributed by atoms with Crippen LogP contribution >= 0.6 is 11.6 Å². The third-order valence-corrected chi connectivity index (χ3v) is 5.65. The number of piperidine rings is 1. The number of nitrogens with zero attached hydrogens (tertiary/aromatic N) is 1. The maximum atomic E-state index is 12.5. The van der Waals surface area contributed by atoms with E-state index >= 15 is 0 Å². The van der Waals surface area contributed by atoms with Gasteiger partial charge in [0.15, 0.2) is 5.78 Å². The first kappa shape index (κ1) is 20.6. The van der Waals surface area contributed by atoms with Gasteiger partial charge in [0.05, 0.1) is 6.10 Å². The molecule has 0 aromatic heterocycles. The average Bonchev–Trinajstić information content (AvgIpc) is 2.73. The van der Waals surface area contributed by atoms with Crippen LogP contribution in [-0.4, -0.2) is 36.8 Å². The Morgan fingerprint density at radius 3 is 2.43 bits per heavy atom. The second-order valence-corrected chi connectivity index (χ2v) is 7.66. The second-order valence-electron chi connectivity index (χ2n) is 7.22. The number of halogens is 1. The maximum Gasteiger partial charge on any atom is 0.223 e. The monoisotopic (exact) mass is 399 g/mol. The molecule has 1 fully saturated rings. The highest BCUT2D eigenvalue weighted by molar-refractivity contribution is 6.31. The van der Waals surface area contributed by atoms with Gasteiger partial charge in [0, 0.05) is 43.6 Å². The molecule has 0 radical (unpaired) electrons. The highest BCUT2D eigenvalue weighted by atomic mass is 35.5. The number of hydrogen-bond acceptors (Lipinski definition) is 3. The number of likely N-dealkylation sites (tertiary alicyclic amines) is 1. The largest absolute Gasteiger partial charge is 0.376 e. The summed E-state index contributed by atoms with van der Waals surface area (Å²) in [5, 5.41) is 0.533. The molecule has 0 saturated carbocycles. The fraction of sp³-hybridized carbons (Fsp3) is 0.391. The van der Waals surface area contributed by atoms with Crippen LogP contribution in [0.15, 0.2) is 54.6 Å². The summed E-state index contributed by atoms with van der Waals surface area (Å²) in [7, 11) is 1.75. The maximum absolute atomic E-state index is 12.5. The molecular weight excluding hydrogens is 374 g/mol. The van der Waals surface area contributed by atoms with E-state index in [2.05, 4.69) is 12.1 Å². The third-order valence-electron chi connectivity index (χ3n) is 5.42. The molecule has 4 nitrogen and oxygen atoms in total. The summed E-state index contributed by atoms with van der Waals surface area (Å²) in [6.45, 7) is 1.42. The van der Waals surface area contributed by atoms with Gasteiger partial charge in [-0.05, 0) is 36.5 Å². The summed E-state index contributed by atoms with van der Waals surface area (Å²) in [5.41, 5.74) is 1.74. The number of benzene rings is 2. The lowest BCUT2D eigenvalue weighted by molar-refractivity contribution is -0.133. The molecule has 3 rings (SSSR count). The van der Waals surface area contributed by atoms with E-state index in [9.17, 15) is 9.59 Å². The summed E-state index contributed by atoms with van der Waals surface area (Å²) >= 11 is 5.93. The van der Waals surface area contributed by atoms with Gasteiger partial charge in [-0.1, -0.05) is 54.1 Å². The van der Waals surface area contributed by atoms with E-state index in [1.807, 2.05) is 23.1 Å². The second kappa shape index (κ2) is 9.85. The third kappa shape index (κ3) is 5.21. The summed E-state index contributed by atoms with van der Waals surface area (Å²) in [6.07, 6.45) is 2.32. The van der Waals surface area contributed by atoms with Crippen LogP contribution < -0.4 is 0 Å². The fourth-order valence-corrected chi connectivity index (χ4v) is 4.07. The van der Waals surface area contributed by atoms with Crippen molar-refractivity contribution in [2.45, 2.75) is 31.8 Å². The van der Waals surface area contributed by atoms with Gasteiger partial charge >= 0.3 is 0 Å². The van der Waals surface area contributed by atoms with Crippen LogP contribution in [0, 0.1) is 5.92 Å². The van der Waals surface area contributed by atoms with E-state index in [-0.39, 0.29) is 30.6 Å². The number of rotatable bonds is 7. The minimum Gasteiger partial charge on any atom is -0.376 e. The van der Waals surface area contributed by atoms with Gasteiger partial charge in [-0.25, -0.2) is 0 Å². The van der Waals surface area contributed by atoms with Crippen molar-refractivity contribution in [3.05, 3.63) is 70.7 Å². The van der Waals surface area contributed by atoms with Crippen LogP contribution in [0.2, 0.25) is 5.02 Å². The molecule has 28 heavy (non-hydrogen) atoms. The minimum absolute atomic E-state index is 0.0440. The predicted octanol–water partition coefficient (Wildman–Crippen LogP) is 4.93. The van der Waals surface area contributed by atoms with E-state index in [1.165, 1.54) is 5.56 Å². The van der Waals surface area contributed by atoms with Gasteiger partial charge in [0.25, 0.3) is 0 Å². The standard InChI is InChI=1S/C23H26ClNO3/c1-28-23(17-6-3-2-4-7-17)18-12-14-25(15-13-18)22(27)11-10-21(26)19-8-5-9-20(24)16-19/h2-9,16,18,23H,10-15H2,1H3. The predicted molar refractivity (Wildman–Crippen MR) is 111 cm³/mol. The zero-order valence-electron chi connectivity index (χ0n) is 16.1. The lowest BCUT2D eigenvalue weighted by Gasteiger charge is -2.35. The van der Waals surface area contributed by atoms with Crippen molar-refractivity contribution in [2.75, 3.05) is 20.2 Å². The molecule has 148 valence electrons. The van der Waals surface area contributed by atoms with E-state index < -0.39 is 0 Å². The van der Waals surface area contributed by atoms with Crippen molar-refractivity contribution in [2.24, 2.45) is 5.92 Å². The van der Waals surface area contributed by atoms with E-state index in [4.69, 9.17) is 16.3 Å². The van der Waals surface area contributed by atoms with Crippen LogP contribution in [-0.2, 0) is 9.53 Å². The van der Waals surface area contributed by atoms with Gasteiger partial charge in [-0.3, -0.25) is 9.59 Å². The Hall–Kier alpha value is -2.17.